The minimum atomic E-state index is 0.254. The SMILES string of the molecule is Cc1nn(C)c(N2CCN(C(C)(C)C)CC2)c1CCl. The monoisotopic (exact) mass is 284 g/mol. The molecule has 2 heterocycles. The summed E-state index contributed by atoms with van der Waals surface area (Å²) >= 11 is 6.08. The Hall–Kier alpha value is -0.740. The van der Waals surface area contributed by atoms with E-state index in [2.05, 4.69) is 35.7 Å². The fourth-order valence-corrected chi connectivity index (χ4v) is 3.14. The van der Waals surface area contributed by atoms with Gasteiger partial charge in [-0.1, -0.05) is 0 Å². The fraction of sp³-hybridized carbons (Fsp3) is 0.786. The zero-order chi connectivity index (χ0) is 14.2. The van der Waals surface area contributed by atoms with Gasteiger partial charge < -0.3 is 4.90 Å². The molecule has 0 saturated carbocycles. The molecular weight excluding hydrogens is 260 g/mol. The van der Waals surface area contributed by atoms with Crippen molar-refractivity contribution in [3.05, 3.63) is 11.3 Å². The van der Waals surface area contributed by atoms with Crippen LogP contribution in [-0.4, -0.2) is 46.4 Å². The zero-order valence-electron chi connectivity index (χ0n) is 12.7. The van der Waals surface area contributed by atoms with Crippen LogP contribution < -0.4 is 4.90 Å². The number of nitrogens with zero attached hydrogens (tertiary/aromatic N) is 4. The van der Waals surface area contributed by atoms with E-state index in [1.165, 1.54) is 11.4 Å². The first-order valence-electron chi connectivity index (χ1n) is 6.93. The molecule has 4 nitrogen and oxygen atoms in total. The van der Waals surface area contributed by atoms with E-state index in [1.807, 2.05) is 18.7 Å². The molecule has 1 fully saturated rings. The lowest BCUT2D eigenvalue weighted by atomic mass is 10.0. The zero-order valence-corrected chi connectivity index (χ0v) is 13.5. The lowest BCUT2D eigenvalue weighted by molar-refractivity contribution is 0.128. The van der Waals surface area contributed by atoms with Crippen LogP contribution in [0.5, 0.6) is 0 Å². The number of aryl methyl sites for hydroxylation is 2. The van der Waals surface area contributed by atoms with E-state index >= 15 is 0 Å². The Kier molecular flexibility index (Phi) is 4.11. The molecule has 2 rings (SSSR count). The van der Waals surface area contributed by atoms with Gasteiger partial charge in [0, 0.05) is 44.3 Å². The summed E-state index contributed by atoms with van der Waals surface area (Å²) in [5.74, 6) is 1.73. The number of halogens is 1. The van der Waals surface area contributed by atoms with E-state index in [0.717, 1.165) is 31.9 Å². The highest BCUT2D eigenvalue weighted by Crippen LogP contribution is 2.27. The molecule has 1 saturated heterocycles. The third kappa shape index (κ3) is 2.90. The van der Waals surface area contributed by atoms with Crippen molar-refractivity contribution in [2.24, 2.45) is 7.05 Å². The van der Waals surface area contributed by atoms with Crippen molar-refractivity contribution in [1.82, 2.24) is 14.7 Å². The van der Waals surface area contributed by atoms with E-state index in [1.54, 1.807) is 0 Å². The van der Waals surface area contributed by atoms with Gasteiger partial charge >= 0.3 is 0 Å². The Bertz CT molecular complexity index is 439. The third-order valence-corrected chi connectivity index (χ3v) is 4.24. The van der Waals surface area contributed by atoms with Crippen molar-refractivity contribution in [1.29, 1.82) is 0 Å². The maximum atomic E-state index is 6.08. The maximum absolute atomic E-state index is 6.08. The average Bonchev–Trinajstić information content (AvgIpc) is 2.62. The number of alkyl halides is 1. The van der Waals surface area contributed by atoms with Crippen molar-refractivity contribution in [2.75, 3.05) is 31.1 Å². The number of piperazine rings is 1. The molecule has 0 spiro atoms. The summed E-state index contributed by atoms with van der Waals surface area (Å²) < 4.78 is 1.97. The van der Waals surface area contributed by atoms with Gasteiger partial charge in [0.2, 0.25) is 0 Å². The van der Waals surface area contributed by atoms with Crippen LogP contribution in [0.3, 0.4) is 0 Å². The number of anilines is 1. The molecule has 0 aliphatic carbocycles. The van der Waals surface area contributed by atoms with Crippen molar-refractivity contribution >= 4 is 17.4 Å². The molecule has 0 atom stereocenters. The predicted molar refractivity (Wildman–Crippen MR) is 81.0 cm³/mol. The second-order valence-electron chi connectivity index (χ2n) is 6.29. The Labute approximate surface area is 121 Å². The van der Waals surface area contributed by atoms with Crippen molar-refractivity contribution in [2.45, 2.75) is 39.1 Å². The summed E-state index contributed by atoms with van der Waals surface area (Å²) in [7, 11) is 2.01. The molecule has 0 aromatic carbocycles. The van der Waals surface area contributed by atoms with Gasteiger partial charge in [-0.05, 0) is 27.7 Å². The van der Waals surface area contributed by atoms with E-state index in [-0.39, 0.29) is 5.54 Å². The highest BCUT2D eigenvalue weighted by Gasteiger charge is 2.28. The smallest absolute Gasteiger partial charge is 0.131 e. The number of rotatable bonds is 2. The van der Waals surface area contributed by atoms with Crippen LogP contribution in [0.2, 0.25) is 0 Å². The highest BCUT2D eigenvalue weighted by atomic mass is 35.5. The quantitative estimate of drug-likeness (QED) is 0.780. The Morgan fingerprint density at radius 3 is 2.21 bits per heavy atom. The topological polar surface area (TPSA) is 24.3 Å². The molecule has 1 aliphatic heterocycles. The third-order valence-electron chi connectivity index (χ3n) is 3.97. The second-order valence-corrected chi connectivity index (χ2v) is 6.56. The first kappa shape index (κ1) is 14.7. The molecule has 0 N–H and O–H groups in total. The van der Waals surface area contributed by atoms with Gasteiger partial charge in [0.05, 0.1) is 11.6 Å². The first-order valence-corrected chi connectivity index (χ1v) is 7.46. The summed E-state index contributed by atoms with van der Waals surface area (Å²) in [4.78, 5) is 4.95. The average molecular weight is 285 g/mol. The van der Waals surface area contributed by atoms with E-state index in [4.69, 9.17) is 11.6 Å². The van der Waals surface area contributed by atoms with Crippen LogP contribution >= 0.6 is 11.6 Å². The standard InChI is InChI=1S/C14H25ClN4/c1-11-12(10-15)13(17(5)16-11)18-6-8-19(9-7-18)14(2,3)4/h6-10H2,1-5H3. The summed E-state index contributed by atoms with van der Waals surface area (Å²) in [5, 5.41) is 4.50. The Morgan fingerprint density at radius 2 is 1.74 bits per heavy atom. The molecule has 108 valence electrons. The lowest BCUT2D eigenvalue weighted by Gasteiger charge is -2.43. The molecule has 0 bridgehead atoms. The fourth-order valence-electron chi connectivity index (χ4n) is 2.83. The molecule has 5 heteroatoms. The van der Waals surface area contributed by atoms with Crippen LogP contribution in [0.1, 0.15) is 32.0 Å². The lowest BCUT2D eigenvalue weighted by Crippen LogP contribution is -2.53. The molecule has 0 unspecified atom stereocenters. The number of hydrogen-bond donors (Lipinski definition) is 0. The normalized spacial score (nSPS) is 18.1. The van der Waals surface area contributed by atoms with Gasteiger partial charge in [0.1, 0.15) is 5.82 Å². The van der Waals surface area contributed by atoms with Crippen LogP contribution in [0, 0.1) is 6.92 Å². The molecular formula is C14H25ClN4. The van der Waals surface area contributed by atoms with Gasteiger partial charge in [-0.25, -0.2) is 0 Å². The summed E-state index contributed by atoms with van der Waals surface area (Å²) in [6.45, 7) is 13.1. The van der Waals surface area contributed by atoms with Crippen LogP contribution in [-0.2, 0) is 12.9 Å². The van der Waals surface area contributed by atoms with Crippen molar-refractivity contribution < 1.29 is 0 Å². The van der Waals surface area contributed by atoms with Gasteiger partial charge in [0.25, 0.3) is 0 Å². The molecule has 1 aromatic rings. The van der Waals surface area contributed by atoms with E-state index < -0.39 is 0 Å². The van der Waals surface area contributed by atoms with E-state index in [9.17, 15) is 0 Å². The summed E-state index contributed by atoms with van der Waals surface area (Å²) in [5.41, 5.74) is 2.48. The highest BCUT2D eigenvalue weighted by molar-refractivity contribution is 6.17. The second kappa shape index (κ2) is 5.33. The minimum Gasteiger partial charge on any atom is -0.354 e. The van der Waals surface area contributed by atoms with Crippen molar-refractivity contribution in [3.63, 3.8) is 0 Å². The van der Waals surface area contributed by atoms with E-state index in [0.29, 0.717) is 5.88 Å². The van der Waals surface area contributed by atoms with Crippen LogP contribution in [0.15, 0.2) is 0 Å². The van der Waals surface area contributed by atoms with Gasteiger partial charge in [-0.15, -0.1) is 11.6 Å². The first-order chi connectivity index (χ1) is 8.84. The van der Waals surface area contributed by atoms with Crippen LogP contribution in [0.4, 0.5) is 5.82 Å². The molecule has 19 heavy (non-hydrogen) atoms. The van der Waals surface area contributed by atoms with Gasteiger partial charge in [0.15, 0.2) is 0 Å². The number of hydrogen-bond acceptors (Lipinski definition) is 3. The largest absolute Gasteiger partial charge is 0.354 e. The Morgan fingerprint density at radius 1 is 1.16 bits per heavy atom. The summed E-state index contributed by atoms with van der Waals surface area (Å²) in [6.07, 6.45) is 0. The van der Waals surface area contributed by atoms with Crippen LogP contribution in [0.25, 0.3) is 0 Å². The molecule has 0 amide bonds. The number of aromatic nitrogens is 2. The minimum absolute atomic E-state index is 0.254. The van der Waals surface area contributed by atoms with Crippen molar-refractivity contribution in [3.8, 4) is 0 Å². The summed E-state index contributed by atoms with van der Waals surface area (Å²) in [6, 6.07) is 0. The Balaban J connectivity index is 2.14. The van der Waals surface area contributed by atoms with Gasteiger partial charge in [-0.3, -0.25) is 9.58 Å². The molecule has 0 radical (unpaired) electrons. The maximum Gasteiger partial charge on any atom is 0.131 e. The van der Waals surface area contributed by atoms with Gasteiger partial charge in [-0.2, -0.15) is 5.10 Å². The predicted octanol–water partition coefficient (Wildman–Crippen LogP) is 2.39. The molecule has 1 aliphatic rings. The molecule has 1 aromatic heterocycles.